The third-order valence-corrected chi connectivity index (χ3v) is 2.99. The molecule has 2 atom stereocenters. The van der Waals surface area contributed by atoms with Crippen LogP contribution in [0.25, 0.3) is 0 Å². The molecule has 0 aromatic heterocycles. The molecule has 2 N–H and O–H groups in total. The number of benzene rings is 2. The molecule has 0 amide bonds. The number of halogens is 1. The van der Waals surface area contributed by atoms with Crippen LogP contribution in [-0.4, -0.2) is 0 Å². The summed E-state index contributed by atoms with van der Waals surface area (Å²) in [4.78, 5) is 0. The van der Waals surface area contributed by atoms with Gasteiger partial charge in [-0.15, -0.1) is 12.4 Å². The first-order valence-electron chi connectivity index (χ1n) is 6.24. The molecule has 0 fully saturated rings. The van der Waals surface area contributed by atoms with Crippen molar-refractivity contribution < 1.29 is 4.74 Å². The first-order valence-corrected chi connectivity index (χ1v) is 6.24. The second kappa shape index (κ2) is 7.17. The summed E-state index contributed by atoms with van der Waals surface area (Å²) >= 11 is 0. The summed E-state index contributed by atoms with van der Waals surface area (Å²) in [5.74, 6) is 0.871. The molecule has 0 radical (unpaired) electrons. The van der Waals surface area contributed by atoms with Crippen LogP contribution in [-0.2, 0) is 0 Å². The van der Waals surface area contributed by atoms with Gasteiger partial charge in [-0.3, -0.25) is 0 Å². The van der Waals surface area contributed by atoms with Crippen LogP contribution in [0.15, 0.2) is 54.6 Å². The second-order valence-corrected chi connectivity index (χ2v) is 4.53. The molecule has 2 aromatic rings. The van der Waals surface area contributed by atoms with E-state index in [1.165, 1.54) is 5.56 Å². The summed E-state index contributed by atoms with van der Waals surface area (Å²) < 4.78 is 5.89. The molecule has 0 aliphatic carbocycles. The van der Waals surface area contributed by atoms with Gasteiger partial charge in [0.05, 0.1) is 0 Å². The van der Waals surface area contributed by atoms with Gasteiger partial charge < -0.3 is 10.5 Å². The Labute approximate surface area is 121 Å². The van der Waals surface area contributed by atoms with Crippen LogP contribution in [0, 0.1) is 0 Å². The topological polar surface area (TPSA) is 35.2 Å². The molecule has 0 saturated carbocycles. The Morgan fingerprint density at radius 3 is 1.95 bits per heavy atom. The molecule has 2 aromatic carbocycles. The van der Waals surface area contributed by atoms with E-state index in [2.05, 4.69) is 19.1 Å². The minimum atomic E-state index is 0. The minimum Gasteiger partial charge on any atom is -0.486 e. The van der Waals surface area contributed by atoms with Crippen LogP contribution in [0.2, 0.25) is 0 Å². The predicted molar refractivity (Wildman–Crippen MR) is 81.8 cm³/mol. The zero-order valence-electron chi connectivity index (χ0n) is 11.2. The molecule has 2 nitrogen and oxygen atoms in total. The Balaban J connectivity index is 0.00000180. The standard InChI is InChI=1S/C16H19NO.ClH/c1-12(17)14-8-10-16(11-9-14)18-13(2)15-6-4-3-5-7-15;/h3-13H,17H2,1-2H3;1H. The normalized spacial score (nSPS) is 13.2. The van der Waals surface area contributed by atoms with Crippen molar-refractivity contribution >= 4 is 12.4 Å². The van der Waals surface area contributed by atoms with E-state index in [1.807, 2.05) is 49.4 Å². The van der Waals surface area contributed by atoms with Gasteiger partial charge in [0.25, 0.3) is 0 Å². The van der Waals surface area contributed by atoms with Crippen molar-refractivity contribution in [2.24, 2.45) is 5.73 Å². The molecule has 102 valence electrons. The molecule has 0 heterocycles. The average Bonchev–Trinajstić information content (AvgIpc) is 2.40. The summed E-state index contributed by atoms with van der Waals surface area (Å²) in [6.45, 7) is 4.03. The lowest BCUT2D eigenvalue weighted by atomic mass is 10.1. The molecule has 0 spiro atoms. The molecule has 0 aliphatic heterocycles. The lowest BCUT2D eigenvalue weighted by Crippen LogP contribution is -2.05. The number of hydrogen-bond donors (Lipinski definition) is 1. The molecule has 0 bridgehead atoms. The van der Waals surface area contributed by atoms with E-state index < -0.39 is 0 Å². The van der Waals surface area contributed by atoms with E-state index in [0.717, 1.165) is 11.3 Å². The Hall–Kier alpha value is -1.51. The molecular formula is C16H20ClNO. The Morgan fingerprint density at radius 1 is 0.842 bits per heavy atom. The highest BCUT2D eigenvalue weighted by molar-refractivity contribution is 5.85. The fraction of sp³-hybridized carbons (Fsp3) is 0.250. The van der Waals surface area contributed by atoms with Gasteiger partial charge in [-0.05, 0) is 37.1 Å². The predicted octanol–water partition coefficient (Wildman–Crippen LogP) is 4.27. The molecular weight excluding hydrogens is 258 g/mol. The second-order valence-electron chi connectivity index (χ2n) is 4.53. The zero-order chi connectivity index (χ0) is 13.0. The smallest absolute Gasteiger partial charge is 0.121 e. The van der Waals surface area contributed by atoms with Crippen LogP contribution in [0.5, 0.6) is 5.75 Å². The highest BCUT2D eigenvalue weighted by Crippen LogP contribution is 2.22. The van der Waals surface area contributed by atoms with Crippen molar-refractivity contribution in [1.82, 2.24) is 0 Å². The average molecular weight is 278 g/mol. The van der Waals surface area contributed by atoms with Gasteiger partial charge in [0.2, 0.25) is 0 Å². The summed E-state index contributed by atoms with van der Waals surface area (Å²) in [6, 6.07) is 18.2. The van der Waals surface area contributed by atoms with Crippen molar-refractivity contribution in [3.05, 3.63) is 65.7 Å². The summed E-state index contributed by atoms with van der Waals surface area (Å²) in [7, 11) is 0. The lowest BCUT2D eigenvalue weighted by molar-refractivity contribution is 0.227. The van der Waals surface area contributed by atoms with Gasteiger partial charge in [-0.1, -0.05) is 42.5 Å². The Morgan fingerprint density at radius 2 is 1.42 bits per heavy atom. The molecule has 19 heavy (non-hydrogen) atoms. The maximum Gasteiger partial charge on any atom is 0.121 e. The number of rotatable bonds is 4. The van der Waals surface area contributed by atoms with Gasteiger partial charge in [0.1, 0.15) is 11.9 Å². The third-order valence-electron chi connectivity index (χ3n) is 2.99. The van der Waals surface area contributed by atoms with Crippen LogP contribution >= 0.6 is 12.4 Å². The van der Waals surface area contributed by atoms with E-state index in [-0.39, 0.29) is 24.6 Å². The highest BCUT2D eigenvalue weighted by Gasteiger charge is 2.06. The van der Waals surface area contributed by atoms with Crippen LogP contribution in [0.4, 0.5) is 0 Å². The number of nitrogens with two attached hydrogens (primary N) is 1. The van der Waals surface area contributed by atoms with E-state index in [0.29, 0.717) is 0 Å². The molecule has 2 rings (SSSR count). The fourth-order valence-corrected chi connectivity index (χ4v) is 1.85. The van der Waals surface area contributed by atoms with E-state index >= 15 is 0 Å². The summed E-state index contributed by atoms with van der Waals surface area (Å²) in [5, 5.41) is 0. The first-order chi connectivity index (χ1) is 8.66. The number of hydrogen-bond acceptors (Lipinski definition) is 2. The van der Waals surface area contributed by atoms with Crippen LogP contribution < -0.4 is 10.5 Å². The summed E-state index contributed by atoms with van der Waals surface area (Å²) in [6.07, 6.45) is 0.0485. The maximum atomic E-state index is 5.89. The van der Waals surface area contributed by atoms with Gasteiger partial charge in [0, 0.05) is 6.04 Å². The largest absolute Gasteiger partial charge is 0.486 e. The lowest BCUT2D eigenvalue weighted by Gasteiger charge is -2.15. The van der Waals surface area contributed by atoms with Gasteiger partial charge in [-0.2, -0.15) is 0 Å². The highest BCUT2D eigenvalue weighted by atomic mass is 35.5. The fourth-order valence-electron chi connectivity index (χ4n) is 1.85. The Kier molecular flexibility index (Phi) is 5.87. The first kappa shape index (κ1) is 15.5. The Bertz CT molecular complexity index is 482. The minimum absolute atomic E-state index is 0. The SMILES string of the molecule is CC(N)c1ccc(OC(C)c2ccccc2)cc1.Cl. The van der Waals surface area contributed by atoms with E-state index in [1.54, 1.807) is 0 Å². The van der Waals surface area contributed by atoms with Crippen LogP contribution in [0.3, 0.4) is 0 Å². The van der Waals surface area contributed by atoms with E-state index in [4.69, 9.17) is 10.5 Å². The number of ether oxygens (including phenoxy) is 1. The quantitative estimate of drug-likeness (QED) is 0.906. The molecule has 3 heteroatoms. The zero-order valence-corrected chi connectivity index (χ0v) is 12.1. The molecule has 2 unspecified atom stereocenters. The maximum absolute atomic E-state index is 5.89. The van der Waals surface area contributed by atoms with Gasteiger partial charge in [0.15, 0.2) is 0 Å². The monoisotopic (exact) mass is 277 g/mol. The van der Waals surface area contributed by atoms with Crippen molar-refractivity contribution in [3.8, 4) is 5.75 Å². The molecule has 0 saturated heterocycles. The van der Waals surface area contributed by atoms with Crippen molar-refractivity contribution in [1.29, 1.82) is 0 Å². The van der Waals surface area contributed by atoms with Gasteiger partial charge >= 0.3 is 0 Å². The van der Waals surface area contributed by atoms with Crippen LogP contribution in [0.1, 0.15) is 37.1 Å². The van der Waals surface area contributed by atoms with Crippen molar-refractivity contribution in [3.63, 3.8) is 0 Å². The molecule has 0 aliphatic rings. The van der Waals surface area contributed by atoms with Crippen molar-refractivity contribution in [2.75, 3.05) is 0 Å². The van der Waals surface area contributed by atoms with Gasteiger partial charge in [-0.25, -0.2) is 0 Å². The van der Waals surface area contributed by atoms with E-state index in [9.17, 15) is 0 Å². The third kappa shape index (κ3) is 4.27. The summed E-state index contributed by atoms with van der Waals surface area (Å²) in [5.41, 5.74) is 8.11. The van der Waals surface area contributed by atoms with Crippen molar-refractivity contribution in [2.45, 2.75) is 26.0 Å².